The molecule has 1 heterocycles. The van der Waals surface area contributed by atoms with Crippen molar-refractivity contribution in [1.82, 2.24) is 9.62 Å². The highest BCUT2D eigenvalue weighted by molar-refractivity contribution is 7.89. The zero-order chi connectivity index (χ0) is 18.6. The molecule has 0 saturated carbocycles. The van der Waals surface area contributed by atoms with Crippen LogP contribution >= 0.6 is 0 Å². The molecule has 0 aromatic heterocycles. The van der Waals surface area contributed by atoms with Crippen LogP contribution in [0.1, 0.15) is 34.8 Å². The fourth-order valence-corrected chi connectivity index (χ4v) is 4.29. The Morgan fingerprint density at radius 2 is 1.96 bits per heavy atom. The topological polar surface area (TPSA) is 66.5 Å². The van der Waals surface area contributed by atoms with Crippen LogP contribution in [0.5, 0.6) is 0 Å². The lowest BCUT2D eigenvalue weighted by Gasteiger charge is -2.25. The summed E-state index contributed by atoms with van der Waals surface area (Å²) in [5.41, 5.74) is 1.49. The summed E-state index contributed by atoms with van der Waals surface area (Å²) in [4.78, 5) is 14.9. The highest BCUT2D eigenvalue weighted by atomic mass is 32.2. The average molecular weight is 370 g/mol. The summed E-state index contributed by atoms with van der Waals surface area (Å²) in [5, 5.41) is 0. The zero-order valence-electron chi connectivity index (χ0n) is 14.5. The molecule has 1 saturated heterocycles. The molecule has 2 aromatic carbocycles. The molecular weight excluding hydrogens is 348 g/mol. The van der Waals surface area contributed by atoms with Crippen LogP contribution in [-0.4, -0.2) is 32.3 Å². The first-order chi connectivity index (χ1) is 12.5. The maximum Gasteiger partial charge on any atom is 0.254 e. The van der Waals surface area contributed by atoms with Crippen molar-refractivity contribution in [3.8, 4) is 0 Å². The number of carbonyl (C=O) groups excluding carboxylic acids is 1. The Kier molecular flexibility index (Phi) is 5.54. The molecule has 0 radical (unpaired) electrons. The number of nitrogens with zero attached hydrogens (tertiary/aromatic N) is 1. The van der Waals surface area contributed by atoms with Crippen molar-refractivity contribution in [3.63, 3.8) is 0 Å². The highest BCUT2D eigenvalue weighted by Crippen LogP contribution is 2.33. The van der Waals surface area contributed by atoms with E-state index in [1.54, 1.807) is 12.1 Å². The summed E-state index contributed by atoms with van der Waals surface area (Å²) in [6.45, 7) is 4.32. The molecule has 3 rings (SSSR count). The quantitative estimate of drug-likeness (QED) is 0.795. The molecule has 136 valence electrons. The van der Waals surface area contributed by atoms with Gasteiger partial charge in [0.25, 0.3) is 5.91 Å². The van der Waals surface area contributed by atoms with Crippen molar-refractivity contribution in [2.75, 3.05) is 13.1 Å². The normalized spacial score (nSPS) is 17.2. The van der Waals surface area contributed by atoms with Gasteiger partial charge < -0.3 is 4.90 Å². The van der Waals surface area contributed by atoms with E-state index in [1.165, 1.54) is 18.2 Å². The molecule has 1 atom stereocenters. The second-order valence-corrected chi connectivity index (χ2v) is 8.00. The van der Waals surface area contributed by atoms with Gasteiger partial charge in [-0.05, 0) is 36.6 Å². The van der Waals surface area contributed by atoms with Gasteiger partial charge in [0.15, 0.2) is 0 Å². The van der Waals surface area contributed by atoms with Crippen molar-refractivity contribution in [2.45, 2.75) is 23.8 Å². The van der Waals surface area contributed by atoms with Gasteiger partial charge in [-0.15, -0.1) is 6.58 Å². The van der Waals surface area contributed by atoms with Gasteiger partial charge in [0.2, 0.25) is 10.0 Å². The summed E-state index contributed by atoms with van der Waals surface area (Å²) < 4.78 is 27.0. The first-order valence-corrected chi connectivity index (χ1v) is 10.1. The van der Waals surface area contributed by atoms with Gasteiger partial charge in [0.05, 0.1) is 10.9 Å². The molecule has 0 aliphatic carbocycles. The lowest BCUT2D eigenvalue weighted by atomic mass is 10.0. The number of hydrogen-bond acceptors (Lipinski definition) is 3. The lowest BCUT2D eigenvalue weighted by Crippen LogP contribution is -2.31. The number of rotatable bonds is 6. The summed E-state index contributed by atoms with van der Waals surface area (Å²) in [6, 6.07) is 16.2. The van der Waals surface area contributed by atoms with Crippen molar-refractivity contribution in [3.05, 3.63) is 78.4 Å². The van der Waals surface area contributed by atoms with E-state index in [9.17, 15) is 13.2 Å². The Morgan fingerprint density at radius 1 is 1.19 bits per heavy atom. The van der Waals surface area contributed by atoms with Crippen molar-refractivity contribution in [1.29, 1.82) is 0 Å². The second-order valence-electron chi connectivity index (χ2n) is 6.24. The molecule has 1 N–H and O–H groups in total. The molecule has 1 fully saturated rings. The van der Waals surface area contributed by atoms with Gasteiger partial charge in [-0.3, -0.25) is 4.79 Å². The molecule has 1 aliphatic heterocycles. The standard InChI is InChI=1S/C20H22N2O3S/c1-2-13-21-26(24,25)18-11-6-10-17(15-18)20(23)22-14-7-12-19(22)16-8-4-3-5-9-16/h2-6,8-11,15,19,21H,1,7,12-14H2. The minimum atomic E-state index is -3.66. The van der Waals surface area contributed by atoms with Crippen molar-refractivity contribution < 1.29 is 13.2 Å². The van der Waals surface area contributed by atoms with Gasteiger partial charge in [-0.1, -0.05) is 42.5 Å². The molecule has 5 nitrogen and oxygen atoms in total. The zero-order valence-corrected chi connectivity index (χ0v) is 15.3. The maximum atomic E-state index is 13.0. The number of benzene rings is 2. The van der Waals surface area contributed by atoms with Crippen LogP contribution < -0.4 is 4.72 Å². The number of nitrogens with one attached hydrogen (secondary N) is 1. The minimum absolute atomic E-state index is 0.0304. The number of hydrogen-bond donors (Lipinski definition) is 1. The smallest absolute Gasteiger partial charge is 0.254 e. The first kappa shape index (κ1) is 18.4. The summed E-state index contributed by atoms with van der Waals surface area (Å²) in [6.07, 6.45) is 3.32. The molecular formula is C20H22N2O3S. The van der Waals surface area contributed by atoms with E-state index in [-0.39, 0.29) is 23.4 Å². The molecule has 6 heteroatoms. The third-order valence-corrected chi connectivity index (χ3v) is 5.93. The number of sulfonamides is 1. The molecule has 1 aliphatic rings. The van der Waals surface area contributed by atoms with Crippen LogP contribution in [0, 0.1) is 0 Å². The Balaban J connectivity index is 1.86. The first-order valence-electron chi connectivity index (χ1n) is 8.59. The Bertz CT molecular complexity index is 894. The molecule has 0 bridgehead atoms. The van der Waals surface area contributed by atoms with Crippen LogP contribution in [0.2, 0.25) is 0 Å². The lowest BCUT2D eigenvalue weighted by molar-refractivity contribution is 0.0735. The predicted octanol–water partition coefficient (Wildman–Crippen LogP) is 3.13. The minimum Gasteiger partial charge on any atom is -0.332 e. The van der Waals surface area contributed by atoms with Gasteiger partial charge in [0, 0.05) is 18.7 Å². The number of amides is 1. The third kappa shape index (κ3) is 3.86. The second kappa shape index (κ2) is 7.85. The Morgan fingerprint density at radius 3 is 2.69 bits per heavy atom. The summed E-state index contributed by atoms with van der Waals surface area (Å²) in [7, 11) is -3.66. The Hall–Kier alpha value is -2.44. The largest absolute Gasteiger partial charge is 0.332 e. The monoisotopic (exact) mass is 370 g/mol. The van der Waals surface area contributed by atoms with Crippen LogP contribution in [0.4, 0.5) is 0 Å². The molecule has 0 spiro atoms. The van der Waals surface area contributed by atoms with Crippen LogP contribution in [0.15, 0.2) is 72.1 Å². The van der Waals surface area contributed by atoms with E-state index in [1.807, 2.05) is 35.2 Å². The maximum absolute atomic E-state index is 13.0. The van der Waals surface area contributed by atoms with E-state index in [0.29, 0.717) is 12.1 Å². The summed E-state index contributed by atoms with van der Waals surface area (Å²) in [5.74, 6) is -0.142. The van der Waals surface area contributed by atoms with Gasteiger partial charge in [-0.25, -0.2) is 13.1 Å². The van der Waals surface area contributed by atoms with Crippen molar-refractivity contribution in [2.24, 2.45) is 0 Å². The molecule has 26 heavy (non-hydrogen) atoms. The van der Waals surface area contributed by atoms with E-state index >= 15 is 0 Å². The summed E-state index contributed by atoms with van der Waals surface area (Å²) >= 11 is 0. The van der Waals surface area contributed by atoms with Gasteiger partial charge in [-0.2, -0.15) is 0 Å². The van der Waals surface area contributed by atoms with Crippen LogP contribution in [0.25, 0.3) is 0 Å². The Labute approximate surface area is 154 Å². The van der Waals surface area contributed by atoms with E-state index in [0.717, 1.165) is 18.4 Å². The van der Waals surface area contributed by atoms with Crippen LogP contribution in [-0.2, 0) is 10.0 Å². The molecule has 1 unspecified atom stereocenters. The number of carbonyl (C=O) groups is 1. The number of likely N-dealkylation sites (tertiary alicyclic amines) is 1. The highest BCUT2D eigenvalue weighted by Gasteiger charge is 2.30. The van der Waals surface area contributed by atoms with E-state index in [2.05, 4.69) is 11.3 Å². The predicted molar refractivity (Wildman–Crippen MR) is 101 cm³/mol. The molecule has 1 amide bonds. The van der Waals surface area contributed by atoms with E-state index in [4.69, 9.17) is 0 Å². The SMILES string of the molecule is C=CCNS(=O)(=O)c1cccc(C(=O)N2CCCC2c2ccccc2)c1. The van der Waals surface area contributed by atoms with Crippen molar-refractivity contribution >= 4 is 15.9 Å². The van der Waals surface area contributed by atoms with E-state index < -0.39 is 10.0 Å². The fraction of sp³-hybridized carbons (Fsp3) is 0.250. The van der Waals surface area contributed by atoms with Gasteiger partial charge >= 0.3 is 0 Å². The average Bonchev–Trinajstić information content (AvgIpc) is 3.16. The van der Waals surface area contributed by atoms with Crippen LogP contribution in [0.3, 0.4) is 0 Å². The third-order valence-electron chi connectivity index (χ3n) is 4.51. The fourth-order valence-electron chi connectivity index (χ4n) is 3.25. The molecule has 2 aromatic rings. The van der Waals surface area contributed by atoms with Gasteiger partial charge in [0.1, 0.15) is 0 Å².